The third kappa shape index (κ3) is 4.72. The predicted octanol–water partition coefficient (Wildman–Crippen LogP) is 4.60. The van der Waals surface area contributed by atoms with Crippen molar-refractivity contribution in [2.45, 2.75) is 19.6 Å². The highest BCUT2D eigenvalue weighted by Gasteiger charge is 2.16. The van der Waals surface area contributed by atoms with E-state index >= 15 is 0 Å². The molecule has 134 valence electrons. The number of aromatic nitrogens is 2. The molecule has 1 unspecified atom stereocenters. The summed E-state index contributed by atoms with van der Waals surface area (Å²) in [6.07, 6.45) is 1.02. The Morgan fingerprint density at radius 2 is 2.15 bits per heavy atom. The molecule has 0 radical (unpaired) electrons. The van der Waals surface area contributed by atoms with Gasteiger partial charge in [0.05, 0.1) is 23.0 Å². The predicted molar refractivity (Wildman–Crippen MR) is 104 cm³/mol. The largest absolute Gasteiger partial charge is 0.479 e. The van der Waals surface area contributed by atoms with E-state index in [9.17, 15) is 4.79 Å². The number of rotatable bonds is 6. The second-order valence-electron chi connectivity index (χ2n) is 5.41. The molecule has 0 aliphatic carbocycles. The Morgan fingerprint density at radius 1 is 1.31 bits per heavy atom. The molecule has 5 nitrogen and oxygen atoms in total. The standard InChI is InChI=1S/C18H15Cl2N3O2S/c1-11(25-16-6-5-12(19)8-14(16)20)17(24)22-9-13-10-26-18(23-13)15-4-2-3-7-21-15/h2-8,10-11H,9H2,1H3,(H,22,24). The molecule has 1 aromatic carbocycles. The van der Waals surface area contributed by atoms with Crippen LogP contribution < -0.4 is 10.1 Å². The first-order valence-corrected chi connectivity index (χ1v) is 9.41. The van der Waals surface area contributed by atoms with Crippen LogP contribution in [0.5, 0.6) is 5.75 Å². The summed E-state index contributed by atoms with van der Waals surface area (Å²) < 4.78 is 5.59. The van der Waals surface area contributed by atoms with Gasteiger partial charge in [-0.2, -0.15) is 0 Å². The van der Waals surface area contributed by atoms with E-state index in [0.29, 0.717) is 22.3 Å². The number of carbonyl (C=O) groups excluding carboxylic acids is 1. The average molecular weight is 408 g/mol. The fourth-order valence-electron chi connectivity index (χ4n) is 2.13. The Bertz CT molecular complexity index is 902. The SMILES string of the molecule is CC(Oc1ccc(Cl)cc1Cl)C(=O)NCc1csc(-c2ccccn2)n1. The summed E-state index contributed by atoms with van der Waals surface area (Å²) in [4.78, 5) is 21.0. The molecular formula is C18H15Cl2N3O2S. The number of nitrogens with zero attached hydrogens (tertiary/aromatic N) is 2. The summed E-state index contributed by atoms with van der Waals surface area (Å²) in [6, 6.07) is 10.5. The van der Waals surface area contributed by atoms with Crippen molar-refractivity contribution in [1.29, 1.82) is 0 Å². The van der Waals surface area contributed by atoms with Gasteiger partial charge in [0.1, 0.15) is 10.8 Å². The highest BCUT2D eigenvalue weighted by Crippen LogP contribution is 2.28. The maximum Gasteiger partial charge on any atom is 0.261 e. The molecule has 3 rings (SSSR count). The van der Waals surface area contributed by atoms with Crippen LogP contribution in [0, 0.1) is 0 Å². The number of carbonyl (C=O) groups is 1. The second kappa shape index (κ2) is 8.49. The molecule has 0 saturated heterocycles. The van der Waals surface area contributed by atoms with Crippen LogP contribution in [0.2, 0.25) is 10.0 Å². The van der Waals surface area contributed by atoms with Gasteiger partial charge < -0.3 is 10.1 Å². The maximum atomic E-state index is 12.2. The summed E-state index contributed by atoms with van der Waals surface area (Å²) in [7, 11) is 0. The fourth-order valence-corrected chi connectivity index (χ4v) is 3.38. The molecule has 1 amide bonds. The highest BCUT2D eigenvalue weighted by molar-refractivity contribution is 7.13. The zero-order valence-corrected chi connectivity index (χ0v) is 16.1. The van der Waals surface area contributed by atoms with E-state index < -0.39 is 6.10 Å². The lowest BCUT2D eigenvalue weighted by Crippen LogP contribution is -2.36. The lowest BCUT2D eigenvalue weighted by atomic mass is 10.3. The fraction of sp³-hybridized carbons (Fsp3) is 0.167. The first-order valence-electron chi connectivity index (χ1n) is 7.78. The number of hydrogen-bond donors (Lipinski definition) is 1. The minimum Gasteiger partial charge on any atom is -0.479 e. The van der Waals surface area contributed by atoms with E-state index in [1.165, 1.54) is 11.3 Å². The number of thiazole rings is 1. The van der Waals surface area contributed by atoms with E-state index in [1.54, 1.807) is 31.3 Å². The van der Waals surface area contributed by atoms with Gasteiger partial charge in [-0.3, -0.25) is 9.78 Å². The van der Waals surface area contributed by atoms with E-state index in [2.05, 4.69) is 15.3 Å². The van der Waals surface area contributed by atoms with E-state index in [-0.39, 0.29) is 5.91 Å². The van der Waals surface area contributed by atoms with E-state index in [0.717, 1.165) is 16.4 Å². The van der Waals surface area contributed by atoms with Crippen LogP contribution >= 0.6 is 34.5 Å². The third-order valence-corrected chi connectivity index (χ3v) is 4.89. The number of halogens is 2. The van der Waals surface area contributed by atoms with Crippen LogP contribution in [0.25, 0.3) is 10.7 Å². The monoisotopic (exact) mass is 407 g/mol. The van der Waals surface area contributed by atoms with E-state index in [4.69, 9.17) is 27.9 Å². The van der Waals surface area contributed by atoms with Crippen LogP contribution in [-0.4, -0.2) is 22.0 Å². The number of pyridine rings is 1. The topological polar surface area (TPSA) is 64.1 Å². The quantitative estimate of drug-likeness (QED) is 0.648. The summed E-state index contributed by atoms with van der Waals surface area (Å²) >= 11 is 13.4. The molecular weight excluding hydrogens is 393 g/mol. The van der Waals surface area contributed by atoms with Gasteiger partial charge in [-0.1, -0.05) is 29.3 Å². The molecule has 0 saturated carbocycles. The Hall–Kier alpha value is -2.15. The smallest absolute Gasteiger partial charge is 0.261 e. The molecule has 0 aliphatic rings. The Morgan fingerprint density at radius 3 is 2.88 bits per heavy atom. The summed E-state index contributed by atoms with van der Waals surface area (Å²) in [5, 5.41) is 6.38. The Labute approximate surface area is 165 Å². The maximum absolute atomic E-state index is 12.2. The number of benzene rings is 1. The van der Waals surface area contributed by atoms with Crippen molar-refractivity contribution in [3.63, 3.8) is 0 Å². The van der Waals surface area contributed by atoms with Gasteiger partial charge in [0, 0.05) is 16.6 Å². The van der Waals surface area contributed by atoms with E-state index in [1.807, 2.05) is 23.6 Å². The molecule has 26 heavy (non-hydrogen) atoms. The van der Waals surface area contributed by atoms with Gasteiger partial charge in [0.15, 0.2) is 6.10 Å². The first-order chi connectivity index (χ1) is 12.5. The van der Waals surface area contributed by atoms with Gasteiger partial charge in [0.2, 0.25) is 0 Å². The highest BCUT2D eigenvalue weighted by atomic mass is 35.5. The number of nitrogens with one attached hydrogen (secondary N) is 1. The lowest BCUT2D eigenvalue weighted by Gasteiger charge is -2.15. The van der Waals surface area contributed by atoms with Crippen molar-refractivity contribution in [2.24, 2.45) is 0 Å². The molecule has 2 aromatic heterocycles. The number of ether oxygens (including phenoxy) is 1. The zero-order chi connectivity index (χ0) is 18.5. The minimum absolute atomic E-state index is 0.261. The molecule has 8 heteroatoms. The van der Waals surface area contributed by atoms with Crippen molar-refractivity contribution >= 4 is 40.4 Å². The van der Waals surface area contributed by atoms with Crippen molar-refractivity contribution in [3.8, 4) is 16.5 Å². The van der Waals surface area contributed by atoms with Crippen molar-refractivity contribution < 1.29 is 9.53 Å². The first kappa shape index (κ1) is 18.6. The van der Waals surface area contributed by atoms with Crippen molar-refractivity contribution in [2.75, 3.05) is 0 Å². The molecule has 0 spiro atoms. The summed E-state index contributed by atoms with van der Waals surface area (Å²) in [5.41, 5.74) is 1.57. The summed E-state index contributed by atoms with van der Waals surface area (Å²) in [5.74, 6) is 0.146. The van der Waals surface area contributed by atoms with Gasteiger partial charge in [0.25, 0.3) is 5.91 Å². The van der Waals surface area contributed by atoms with Gasteiger partial charge in [-0.15, -0.1) is 11.3 Å². The zero-order valence-electron chi connectivity index (χ0n) is 13.8. The van der Waals surface area contributed by atoms with Crippen molar-refractivity contribution in [3.05, 3.63) is 63.7 Å². The molecule has 0 aliphatic heterocycles. The Balaban J connectivity index is 1.56. The molecule has 1 atom stereocenters. The second-order valence-corrected chi connectivity index (χ2v) is 7.11. The summed E-state index contributed by atoms with van der Waals surface area (Å²) in [6.45, 7) is 1.96. The molecule has 3 aromatic rings. The normalized spacial score (nSPS) is 11.8. The molecule has 0 bridgehead atoms. The molecule has 0 fully saturated rings. The molecule has 1 N–H and O–H groups in total. The van der Waals surface area contributed by atoms with Crippen molar-refractivity contribution in [1.82, 2.24) is 15.3 Å². The lowest BCUT2D eigenvalue weighted by molar-refractivity contribution is -0.127. The van der Waals surface area contributed by atoms with Gasteiger partial charge in [-0.25, -0.2) is 4.98 Å². The third-order valence-electron chi connectivity index (χ3n) is 3.45. The minimum atomic E-state index is -0.706. The molecule has 2 heterocycles. The van der Waals surface area contributed by atoms with Crippen LogP contribution in [0.1, 0.15) is 12.6 Å². The van der Waals surface area contributed by atoms with Gasteiger partial charge >= 0.3 is 0 Å². The van der Waals surface area contributed by atoms with Gasteiger partial charge in [-0.05, 0) is 37.3 Å². The van der Waals surface area contributed by atoms with Crippen LogP contribution in [-0.2, 0) is 11.3 Å². The average Bonchev–Trinajstić information content (AvgIpc) is 3.11. The Kier molecular flexibility index (Phi) is 6.08. The van der Waals surface area contributed by atoms with Crippen LogP contribution in [0.15, 0.2) is 48.0 Å². The number of amides is 1. The van der Waals surface area contributed by atoms with Crippen LogP contribution in [0.4, 0.5) is 0 Å². The number of hydrogen-bond acceptors (Lipinski definition) is 5. The van der Waals surface area contributed by atoms with Crippen LogP contribution in [0.3, 0.4) is 0 Å².